The molecule has 1 aromatic heterocycles. The van der Waals surface area contributed by atoms with E-state index in [9.17, 15) is 9.90 Å². The summed E-state index contributed by atoms with van der Waals surface area (Å²) in [7, 11) is 0. The monoisotopic (exact) mass is 271 g/mol. The largest absolute Gasteiger partial charge is 0.462 e. The van der Waals surface area contributed by atoms with Gasteiger partial charge in [0.15, 0.2) is 6.29 Å². The van der Waals surface area contributed by atoms with E-state index in [0.29, 0.717) is 0 Å². The fourth-order valence-electron chi connectivity index (χ4n) is 1.50. The summed E-state index contributed by atoms with van der Waals surface area (Å²) < 4.78 is 11.5. The van der Waals surface area contributed by atoms with Gasteiger partial charge in [0.25, 0.3) is 0 Å². The van der Waals surface area contributed by atoms with E-state index in [1.54, 1.807) is 6.92 Å². The predicted molar refractivity (Wildman–Crippen MR) is 69.4 cm³/mol. The van der Waals surface area contributed by atoms with Crippen molar-refractivity contribution in [3.63, 3.8) is 0 Å². The molecule has 1 heterocycles. The lowest BCUT2D eigenvalue weighted by Gasteiger charge is -2.24. The van der Waals surface area contributed by atoms with Gasteiger partial charge in [-0.05, 0) is 27.7 Å². The third-order valence-corrected chi connectivity index (χ3v) is 2.19. The summed E-state index contributed by atoms with van der Waals surface area (Å²) >= 11 is 0. The molecule has 0 saturated heterocycles. The van der Waals surface area contributed by atoms with Crippen molar-refractivity contribution in [1.82, 2.24) is 9.78 Å². The second-order valence-corrected chi connectivity index (χ2v) is 5.03. The number of nitrogens with two attached hydrogens (primary N) is 1. The zero-order valence-corrected chi connectivity index (χ0v) is 11.7. The first-order chi connectivity index (χ1) is 8.74. The minimum atomic E-state index is -1.06. The normalized spacial score (nSPS) is 13.3. The van der Waals surface area contributed by atoms with Crippen LogP contribution in [0.15, 0.2) is 6.20 Å². The van der Waals surface area contributed by atoms with Gasteiger partial charge in [0, 0.05) is 0 Å². The van der Waals surface area contributed by atoms with Gasteiger partial charge >= 0.3 is 5.97 Å². The van der Waals surface area contributed by atoms with Gasteiger partial charge in [-0.15, -0.1) is 0 Å². The second-order valence-electron chi connectivity index (χ2n) is 5.03. The van der Waals surface area contributed by atoms with Crippen LogP contribution in [0.3, 0.4) is 0 Å². The quantitative estimate of drug-likeness (QED) is 0.606. The number of nitrogens with zero attached hydrogens (tertiary/aromatic N) is 2. The number of aromatic nitrogens is 2. The van der Waals surface area contributed by atoms with Crippen LogP contribution in [-0.2, 0) is 16.0 Å². The Hall–Kier alpha value is -1.60. The molecule has 0 amide bonds. The van der Waals surface area contributed by atoms with E-state index in [4.69, 9.17) is 15.2 Å². The fourth-order valence-corrected chi connectivity index (χ4v) is 1.50. The van der Waals surface area contributed by atoms with Crippen LogP contribution >= 0.6 is 0 Å². The molecule has 7 heteroatoms. The molecule has 1 unspecified atom stereocenters. The number of ether oxygens (including phenoxy) is 2. The minimum Gasteiger partial charge on any atom is -0.462 e. The predicted octanol–water partition coefficient (Wildman–Crippen LogP) is 0.775. The molecule has 3 N–H and O–H groups in total. The number of hydrogen-bond acceptors (Lipinski definition) is 6. The molecule has 0 aliphatic heterocycles. The highest BCUT2D eigenvalue weighted by Crippen LogP contribution is 2.15. The molecule has 0 bridgehead atoms. The van der Waals surface area contributed by atoms with Crippen LogP contribution in [0.4, 0.5) is 5.82 Å². The lowest BCUT2D eigenvalue weighted by atomic mass is 10.2. The molecule has 0 spiro atoms. The van der Waals surface area contributed by atoms with Crippen LogP contribution in [-0.4, -0.2) is 39.4 Å². The average molecular weight is 271 g/mol. The van der Waals surface area contributed by atoms with E-state index in [-0.39, 0.29) is 24.5 Å². The Morgan fingerprint density at radius 2 is 2.21 bits per heavy atom. The summed E-state index contributed by atoms with van der Waals surface area (Å²) in [5.41, 5.74) is 5.48. The van der Waals surface area contributed by atoms with Crippen molar-refractivity contribution in [2.24, 2.45) is 0 Å². The van der Waals surface area contributed by atoms with Gasteiger partial charge in [-0.25, -0.2) is 9.48 Å². The Bertz CT molecular complexity index is 437. The average Bonchev–Trinajstić information content (AvgIpc) is 2.58. The Labute approximate surface area is 112 Å². The molecule has 0 aromatic carbocycles. The van der Waals surface area contributed by atoms with E-state index in [1.807, 2.05) is 20.8 Å². The fraction of sp³-hybridized carbons (Fsp3) is 0.667. The van der Waals surface area contributed by atoms with Crippen LogP contribution in [0.25, 0.3) is 0 Å². The molecule has 7 nitrogen and oxygen atoms in total. The second kappa shape index (κ2) is 6.03. The summed E-state index contributed by atoms with van der Waals surface area (Å²) in [6.45, 7) is 7.49. The van der Waals surface area contributed by atoms with Crippen LogP contribution in [0, 0.1) is 0 Å². The number of hydrogen-bond donors (Lipinski definition) is 2. The van der Waals surface area contributed by atoms with Crippen molar-refractivity contribution in [1.29, 1.82) is 0 Å². The van der Waals surface area contributed by atoms with Crippen molar-refractivity contribution >= 4 is 11.8 Å². The Morgan fingerprint density at radius 1 is 1.58 bits per heavy atom. The van der Waals surface area contributed by atoms with Crippen molar-refractivity contribution in [3.05, 3.63) is 11.8 Å². The molecule has 0 aliphatic carbocycles. The standard InChI is InChI=1S/C12H21N3O4/c1-5-18-11(17)8-6-14-15(10(8)13)7-9(16)19-12(2,3)4/h6,9,16H,5,7,13H2,1-4H3. The smallest absolute Gasteiger partial charge is 0.343 e. The number of nitrogen functional groups attached to an aromatic ring is 1. The lowest BCUT2D eigenvalue weighted by Crippen LogP contribution is -2.31. The molecule has 1 atom stereocenters. The Kier molecular flexibility index (Phi) is 4.90. The molecule has 0 fully saturated rings. The number of carbonyl (C=O) groups is 1. The third-order valence-electron chi connectivity index (χ3n) is 2.19. The van der Waals surface area contributed by atoms with Crippen molar-refractivity contribution in [2.75, 3.05) is 12.3 Å². The highest BCUT2D eigenvalue weighted by Gasteiger charge is 2.21. The van der Waals surface area contributed by atoms with Gasteiger partial charge in [-0.1, -0.05) is 0 Å². The topological polar surface area (TPSA) is 99.6 Å². The third kappa shape index (κ3) is 4.53. The van der Waals surface area contributed by atoms with Crippen molar-refractivity contribution < 1.29 is 19.4 Å². The summed E-state index contributed by atoms with van der Waals surface area (Å²) in [4.78, 5) is 11.5. The van der Waals surface area contributed by atoms with E-state index >= 15 is 0 Å². The van der Waals surface area contributed by atoms with Gasteiger partial charge in [0.1, 0.15) is 11.4 Å². The maximum absolute atomic E-state index is 11.5. The van der Waals surface area contributed by atoms with Crippen LogP contribution < -0.4 is 5.73 Å². The SMILES string of the molecule is CCOC(=O)c1cnn(CC(O)OC(C)(C)C)c1N. The molecular weight excluding hydrogens is 250 g/mol. The van der Waals surface area contributed by atoms with Crippen molar-refractivity contribution in [3.8, 4) is 0 Å². The first kappa shape index (κ1) is 15.5. The maximum Gasteiger partial charge on any atom is 0.343 e. The first-order valence-electron chi connectivity index (χ1n) is 6.09. The molecule has 1 rings (SSSR count). The zero-order chi connectivity index (χ0) is 14.6. The number of aliphatic hydroxyl groups is 1. The van der Waals surface area contributed by atoms with Gasteiger partial charge in [0.2, 0.25) is 0 Å². The molecular formula is C12H21N3O4. The van der Waals surface area contributed by atoms with Gasteiger partial charge < -0.3 is 20.3 Å². The summed E-state index contributed by atoms with van der Waals surface area (Å²) in [5, 5.41) is 13.7. The number of aliphatic hydroxyl groups excluding tert-OH is 1. The van der Waals surface area contributed by atoms with Gasteiger partial charge in [-0.3, -0.25) is 0 Å². The Balaban J connectivity index is 2.73. The molecule has 0 radical (unpaired) electrons. The van der Waals surface area contributed by atoms with E-state index in [1.165, 1.54) is 10.9 Å². The number of esters is 1. The maximum atomic E-state index is 11.5. The molecule has 0 aliphatic rings. The first-order valence-corrected chi connectivity index (χ1v) is 6.09. The van der Waals surface area contributed by atoms with Crippen LogP contribution in [0.1, 0.15) is 38.1 Å². The van der Waals surface area contributed by atoms with E-state index in [0.717, 1.165) is 0 Å². The zero-order valence-electron chi connectivity index (χ0n) is 11.7. The van der Waals surface area contributed by atoms with E-state index in [2.05, 4.69) is 5.10 Å². The number of anilines is 1. The number of carbonyl (C=O) groups excluding carboxylic acids is 1. The minimum absolute atomic E-state index is 0.0442. The highest BCUT2D eigenvalue weighted by atomic mass is 16.6. The summed E-state index contributed by atoms with van der Waals surface area (Å²) in [6.07, 6.45) is 0.258. The molecule has 19 heavy (non-hydrogen) atoms. The Morgan fingerprint density at radius 3 is 2.74 bits per heavy atom. The summed E-state index contributed by atoms with van der Waals surface area (Å²) in [5.74, 6) is -0.382. The molecule has 1 aromatic rings. The van der Waals surface area contributed by atoms with Gasteiger partial charge in [-0.2, -0.15) is 5.10 Å². The molecule has 0 saturated carbocycles. The van der Waals surface area contributed by atoms with Gasteiger partial charge in [0.05, 0.1) is 24.9 Å². The molecule has 108 valence electrons. The van der Waals surface area contributed by atoms with E-state index < -0.39 is 17.9 Å². The summed E-state index contributed by atoms with van der Waals surface area (Å²) in [6, 6.07) is 0. The van der Waals surface area contributed by atoms with Crippen LogP contribution in [0.2, 0.25) is 0 Å². The number of rotatable bonds is 5. The van der Waals surface area contributed by atoms with Crippen LogP contribution in [0.5, 0.6) is 0 Å². The van der Waals surface area contributed by atoms with Crippen molar-refractivity contribution in [2.45, 2.75) is 46.1 Å². The highest BCUT2D eigenvalue weighted by molar-refractivity contribution is 5.93. The lowest BCUT2D eigenvalue weighted by molar-refractivity contribution is -0.172.